The van der Waals surface area contributed by atoms with Crippen LogP contribution in [0.15, 0.2) is 18.5 Å². The Hall–Kier alpha value is -1.16. The Morgan fingerprint density at radius 1 is 1.20 bits per heavy atom. The molecule has 2 heterocycles. The molecule has 1 N–H and O–H groups in total. The van der Waals surface area contributed by atoms with Crippen molar-refractivity contribution in [2.24, 2.45) is 5.92 Å². The molecule has 1 aromatic heterocycles. The van der Waals surface area contributed by atoms with Crippen LogP contribution in [0.4, 0.5) is 5.95 Å². The van der Waals surface area contributed by atoms with Gasteiger partial charge in [0.05, 0.1) is 0 Å². The van der Waals surface area contributed by atoms with Crippen molar-refractivity contribution in [2.75, 3.05) is 18.0 Å². The monoisotopic (exact) mass is 274 g/mol. The Balaban J connectivity index is 1.53. The lowest BCUT2D eigenvalue weighted by Crippen LogP contribution is -2.49. The van der Waals surface area contributed by atoms with Crippen molar-refractivity contribution in [3.05, 3.63) is 18.5 Å². The number of rotatable bonds is 4. The highest BCUT2D eigenvalue weighted by molar-refractivity contribution is 5.29. The first-order chi connectivity index (χ1) is 9.85. The van der Waals surface area contributed by atoms with Gasteiger partial charge in [-0.25, -0.2) is 9.97 Å². The van der Waals surface area contributed by atoms with Gasteiger partial charge in [-0.3, -0.25) is 0 Å². The van der Waals surface area contributed by atoms with E-state index in [1.807, 2.05) is 18.5 Å². The summed E-state index contributed by atoms with van der Waals surface area (Å²) in [6.07, 6.45) is 11.7. The van der Waals surface area contributed by atoms with E-state index in [1.165, 1.54) is 38.5 Å². The van der Waals surface area contributed by atoms with Crippen LogP contribution >= 0.6 is 0 Å². The summed E-state index contributed by atoms with van der Waals surface area (Å²) in [5, 5.41) is 3.88. The van der Waals surface area contributed by atoms with E-state index in [9.17, 15) is 0 Å². The van der Waals surface area contributed by atoms with E-state index in [0.717, 1.165) is 31.0 Å². The first-order valence-electron chi connectivity index (χ1n) is 8.13. The fraction of sp³-hybridized carbons (Fsp3) is 0.750. The molecule has 3 unspecified atom stereocenters. The number of nitrogens with one attached hydrogen (secondary N) is 1. The first kappa shape index (κ1) is 13.8. The third-order valence-corrected chi connectivity index (χ3v) is 4.85. The van der Waals surface area contributed by atoms with Crippen LogP contribution in [0.5, 0.6) is 0 Å². The third-order valence-electron chi connectivity index (χ3n) is 4.85. The molecule has 1 saturated heterocycles. The van der Waals surface area contributed by atoms with Crippen LogP contribution in [0.3, 0.4) is 0 Å². The van der Waals surface area contributed by atoms with Gasteiger partial charge >= 0.3 is 0 Å². The van der Waals surface area contributed by atoms with E-state index in [4.69, 9.17) is 0 Å². The van der Waals surface area contributed by atoms with Gasteiger partial charge in [-0.15, -0.1) is 0 Å². The number of hydrogen-bond acceptors (Lipinski definition) is 4. The van der Waals surface area contributed by atoms with E-state index >= 15 is 0 Å². The molecule has 3 rings (SSSR count). The van der Waals surface area contributed by atoms with Gasteiger partial charge in [0.2, 0.25) is 5.95 Å². The molecule has 0 bridgehead atoms. The van der Waals surface area contributed by atoms with Gasteiger partial charge in [0, 0.05) is 37.6 Å². The fourth-order valence-corrected chi connectivity index (χ4v) is 3.68. The minimum absolute atomic E-state index is 0.605. The van der Waals surface area contributed by atoms with Crippen molar-refractivity contribution in [1.29, 1.82) is 0 Å². The van der Waals surface area contributed by atoms with E-state index in [1.54, 1.807) is 0 Å². The number of hydrogen-bond donors (Lipinski definition) is 1. The lowest BCUT2D eigenvalue weighted by atomic mass is 10.0. The highest BCUT2D eigenvalue weighted by Gasteiger charge is 2.28. The van der Waals surface area contributed by atoms with E-state index < -0.39 is 0 Å². The van der Waals surface area contributed by atoms with Crippen molar-refractivity contribution < 1.29 is 0 Å². The number of anilines is 1. The van der Waals surface area contributed by atoms with Crippen molar-refractivity contribution >= 4 is 5.95 Å². The second-order valence-corrected chi connectivity index (χ2v) is 6.28. The molecule has 2 fully saturated rings. The SMILES string of the molecule is CCC1CCC(NC2CCCN(c3ncccn3)C2)C1. The molecule has 110 valence electrons. The minimum Gasteiger partial charge on any atom is -0.339 e. The molecular weight excluding hydrogens is 248 g/mol. The summed E-state index contributed by atoms with van der Waals surface area (Å²) in [6, 6.07) is 3.22. The Bertz CT molecular complexity index is 408. The topological polar surface area (TPSA) is 41.0 Å². The maximum Gasteiger partial charge on any atom is 0.225 e. The number of nitrogens with zero attached hydrogens (tertiary/aromatic N) is 3. The van der Waals surface area contributed by atoms with E-state index in [0.29, 0.717) is 6.04 Å². The zero-order valence-electron chi connectivity index (χ0n) is 12.5. The van der Waals surface area contributed by atoms with Gasteiger partial charge in [-0.2, -0.15) is 0 Å². The number of aromatic nitrogens is 2. The average molecular weight is 274 g/mol. The molecule has 4 nitrogen and oxygen atoms in total. The second-order valence-electron chi connectivity index (χ2n) is 6.28. The Morgan fingerprint density at radius 3 is 2.80 bits per heavy atom. The van der Waals surface area contributed by atoms with Crippen LogP contribution in [0.2, 0.25) is 0 Å². The summed E-state index contributed by atoms with van der Waals surface area (Å²) in [6.45, 7) is 4.46. The van der Waals surface area contributed by atoms with Crippen LogP contribution in [-0.2, 0) is 0 Å². The van der Waals surface area contributed by atoms with Gasteiger partial charge in [0.1, 0.15) is 0 Å². The van der Waals surface area contributed by atoms with Crippen LogP contribution in [-0.4, -0.2) is 35.1 Å². The normalized spacial score (nSPS) is 30.6. The molecule has 0 spiro atoms. The largest absolute Gasteiger partial charge is 0.339 e. The molecule has 3 atom stereocenters. The van der Waals surface area contributed by atoms with Crippen molar-refractivity contribution in [3.8, 4) is 0 Å². The highest BCUT2D eigenvalue weighted by Crippen LogP contribution is 2.29. The molecule has 0 aromatic carbocycles. The van der Waals surface area contributed by atoms with Gasteiger partial charge in [0.15, 0.2) is 0 Å². The molecule has 1 aromatic rings. The summed E-state index contributed by atoms with van der Waals surface area (Å²) in [4.78, 5) is 11.1. The quantitative estimate of drug-likeness (QED) is 0.916. The first-order valence-corrected chi connectivity index (χ1v) is 8.13. The predicted octanol–water partition coefficient (Wildman–Crippen LogP) is 2.61. The Kier molecular flexibility index (Phi) is 4.51. The fourth-order valence-electron chi connectivity index (χ4n) is 3.68. The molecule has 0 radical (unpaired) electrons. The minimum atomic E-state index is 0.605. The smallest absolute Gasteiger partial charge is 0.225 e. The maximum atomic E-state index is 4.38. The zero-order chi connectivity index (χ0) is 13.8. The molecule has 1 aliphatic carbocycles. The van der Waals surface area contributed by atoms with Gasteiger partial charge in [-0.05, 0) is 44.1 Å². The second kappa shape index (κ2) is 6.53. The van der Waals surface area contributed by atoms with Crippen LogP contribution in [0.25, 0.3) is 0 Å². The molecule has 1 aliphatic heterocycles. The lowest BCUT2D eigenvalue weighted by molar-refractivity contribution is 0.365. The lowest BCUT2D eigenvalue weighted by Gasteiger charge is -2.34. The van der Waals surface area contributed by atoms with Gasteiger partial charge < -0.3 is 10.2 Å². The number of piperidine rings is 1. The Labute approximate surface area is 122 Å². The van der Waals surface area contributed by atoms with E-state index in [2.05, 4.69) is 27.1 Å². The standard InChI is InChI=1S/C16H26N4/c1-2-13-6-7-14(11-13)19-15-5-3-10-20(12-15)16-17-8-4-9-18-16/h4,8-9,13-15,19H,2-3,5-7,10-12H2,1H3. The molecule has 0 amide bonds. The molecular formula is C16H26N4. The van der Waals surface area contributed by atoms with Gasteiger partial charge in [-0.1, -0.05) is 13.3 Å². The third kappa shape index (κ3) is 3.29. The maximum absolute atomic E-state index is 4.38. The summed E-state index contributed by atoms with van der Waals surface area (Å²) >= 11 is 0. The zero-order valence-corrected chi connectivity index (χ0v) is 12.5. The van der Waals surface area contributed by atoms with E-state index in [-0.39, 0.29) is 0 Å². The molecule has 4 heteroatoms. The predicted molar refractivity (Wildman–Crippen MR) is 81.8 cm³/mol. The van der Waals surface area contributed by atoms with Crippen LogP contribution in [0.1, 0.15) is 45.4 Å². The highest BCUT2D eigenvalue weighted by atomic mass is 15.3. The van der Waals surface area contributed by atoms with Crippen LogP contribution < -0.4 is 10.2 Å². The summed E-state index contributed by atoms with van der Waals surface area (Å²) in [5.41, 5.74) is 0. The molecule has 2 aliphatic rings. The van der Waals surface area contributed by atoms with Crippen molar-refractivity contribution in [2.45, 2.75) is 57.5 Å². The van der Waals surface area contributed by atoms with Crippen molar-refractivity contribution in [3.63, 3.8) is 0 Å². The van der Waals surface area contributed by atoms with Gasteiger partial charge in [0.25, 0.3) is 0 Å². The molecule has 1 saturated carbocycles. The summed E-state index contributed by atoms with van der Waals surface area (Å²) in [5.74, 6) is 1.83. The van der Waals surface area contributed by atoms with Crippen LogP contribution in [0, 0.1) is 5.92 Å². The molecule has 20 heavy (non-hydrogen) atoms. The average Bonchev–Trinajstić information content (AvgIpc) is 2.96. The summed E-state index contributed by atoms with van der Waals surface area (Å²) in [7, 11) is 0. The summed E-state index contributed by atoms with van der Waals surface area (Å²) < 4.78 is 0. The Morgan fingerprint density at radius 2 is 2.05 bits per heavy atom. The van der Waals surface area contributed by atoms with Crippen molar-refractivity contribution in [1.82, 2.24) is 15.3 Å².